The van der Waals surface area contributed by atoms with Crippen molar-refractivity contribution >= 4 is 28.5 Å². The van der Waals surface area contributed by atoms with Gasteiger partial charge in [-0.1, -0.05) is 0 Å². The van der Waals surface area contributed by atoms with Crippen molar-refractivity contribution in [3.8, 4) is 17.2 Å². The summed E-state index contributed by atoms with van der Waals surface area (Å²) in [6, 6.07) is 1.76. The monoisotopic (exact) mass is 322 g/mol. The lowest BCUT2D eigenvalue weighted by Crippen LogP contribution is -2.41. The van der Waals surface area contributed by atoms with Crippen molar-refractivity contribution in [2.75, 3.05) is 26.2 Å². The van der Waals surface area contributed by atoms with Gasteiger partial charge in [-0.15, -0.1) is 0 Å². The van der Waals surface area contributed by atoms with Crippen LogP contribution in [0.4, 0.5) is 0 Å². The number of Topliss-reactive ketones (excluding diaryl/α,β-unsaturated/α-hetero) is 1. The van der Waals surface area contributed by atoms with Gasteiger partial charge in [-0.2, -0.15) is 11.8 Å². The number of hydrogen-bond donors (Lipinski definition) is 0. The Bertz CT molecular complexity index is 736. The fourth-order valence-electron chi connectivity index (χ4n) is 2.96. The average molecular weight is 322 g/mol. The van der Waals surface area contributed by atoms with Crippen LogP contribution in [0, 0.1) is 0 Å². The molecule has 0 aliphatic carbocycles. The Morgan fingerprint density at radius 3 is 2.68 bits per heavy atom. The van der Waals surface area contributed by atoms with E-state index in [1.54, 1.807) is 31.2 Å². The van der Waals surface area contributed by atoms with Crippen molar-refractivity contribution in [2.24, 2.45) is 0 Å². The van der Waals surface area contributed by atoms with Crippen molar-refractivity contribution in [1.29, 1.82) is 0 Å². The van der Waals surface area contributed by atoms with Crippen LogP contribution in [0.3, 0.4) is 0 Å². The van der Waals surface area contributed by atoms with E-state index in [0.29, 0.717) is 46.0 Å². The van der Waals surface area contributed by atoms with Crippen LogP contribution in [0.1, 0.15) is 23.7 Å². The number of thioether (sulfide) groups is 1. The number of benzene rings is 1. The van der Waals surface area contributed by atoms with Gasteiger partial charge in [0.15, 0.2) is 17.1 Å². The molecule has 2 heterocycles. The molecule has 22 heavy (non-hydrogen) atoms. The van der Waals surface area contributed by atoms with Crippen LogP contribution in [-0.4, -0.2) is 37.6 Å². The van der Waals surface area contributed by atoms with E-state index < -0.39 is 5.60 Å². The molecule has 5 nitrogen and oxygen atoms in total. The van der Waals surface area contributed by atoms with Gasteiger partial charge in [0.25, 0.3) is 0 Å². The van der Waals surface area contributed by atoms with Crippen LogP contribution >= 0.6 is 11.8 Å². The van der Waals surface area contributed by atoms with Crippen LogP contribution in [0.15, 0.2) is 16.7 Å². The van der Waals surface area contributed by atoms with Gasteiger partial charge in [-0.05, 0) is 19.2 Å². The summed E-state index contributed by atoms with van der Waals surface area (Å²) in [5, 5.41) is 0.712. The molecular weight excluding hydrogens is 304 g/mol. The third-order valence-corrected chi connectivity index (χ3v) is 4.70. The highest BCUT2D eigenvalue weighted by molar-refractivity contribution is 7.98. The van der Waals surface area contributed by atoms with E-state index in [-0.39, 0.29) is 5.78 Å². The highest BCUT2D eigenvalue weighted by Gasteiger charge is 2.41. The minimum atomic E-state index is -0.567. The van der Waals surface area contributed by atoms with Gasteiger partial charge in [0, 0.05) is 5.75 Å². The van der Waals surface area contributed by atoms with Crippen LogP contribution in [0.5, 0.6) is 17.2 Å². The highest BCUT2D eigenvalue weighted by Crippen LogP contribution is 2.50. The second-order valence-electron chi connectivity index (χ2n) is 5.52. The number of furan rings is 1. The normalized spacial score (nSPS) is 20.6. The van der Waals surface area contributed by atoms with E-state index in [1.165, 1.54) is 7.11 Å². The van der Waals surface area contributed by atoms with Crippen molar-refractivity contribution in [1.82, 2.24) is 0 Å². The van der Waals surface area contributed by atoms with Gasteiger partial charge in [0.2, 0.25) is 5.75 Å². The summed E-state index contributed by atoms with van der Waals surface area (Å²) < 4.78 is 22.6. The Morgan fingerprint density at radius 1 is 1.32 bits per heavy atom. The summed E-state index contributed by atoms with van der Waals surface area (Å²) in [6.45, 7) is 1.93. The van der Waals surface area contributed by atoms with E-state index in [4.69, 9.17) is 18.6 Å². The van der Waals surface area contributed by atoms with Gasteiger partial charge < -0.3 is 18.6 Å². The maximum Gasteiger partial charge on any atom is 0.205 e. The summed E-state index contributed by atoms with van der Waals surface area (Å²) in [6.07, 6.45) is 3.85. The Hall–Kier alpha value is -1.82. The predicted molar refractivity (Wildman–Crippen MR) is 85.7 cm³/mol. The molecule has 1 aliphatic heterocycles. The number of ketones is 1. The maximum atomic E-state index is 12.7. The molecule has 0 saturated heterocycles. The minimum Gasteiger partial charge on any atom is -0.495 e. The molecule has 1 aliphatic rings. The van der Waals surface area contributed by atoms with Crippen molar-refractivity contribution in [3.05, 3.63) is 17.9 Å². The molecule has 118 valence electrons. The standard InChI is InChI=1S/C16H18O5S/c1-16(8-22-4)7-10(17)11-12(18-2)9-5-6-20-13(9)15(19-3)14(11)21-16/h5-6H,7-8H2,1-4H3. The highest BCUT2D eigenvalue weighted by atomic mass is 32.2. The number of hydrogen-bond acceptors (Lipinski definition) is 6. The molecule has 1 aromatic carbocycles. The zero-order valence-corrected chi connectivity index (χ0v) is 13.8. The van der Waals surface area contributed by atoms with E-state index in [0.717, 1.165) is 0 Å². The van der Waals surface area contributed by atoms with Gasteiger partial charge in [0.1, 0.15) is 16.9 Å². The molecule has 1 aromatic heterocycles. The molecule has 0 radical (unpaired) electrons. The summed E-state index contributed by atoms with van der Waals surface area (Å²) in [4.78, 5) is 12.7. The first-order valence-corrected chi connectivity index (χ1v) is 8.30. The number of carbonyl (C=O) groups excluding carboxylic acids is 1. The molecule has 0 N–H and O–H groups in total. The Labute approximate surface area is 132 Å². The molecule has 0 bridgehead atoms. The smallest absolute Gasteiger partial charge is 0.205 e. The number of fused-ring (bicyclic) bond motifs is 2. The van der Waals surface area contributed by atoms with Crippen LogP contribution in [-0.2, 0) is 0 Å². The van der Waals surface area contributed by atoms with Crippen molar-refractivity contribution in [3.63, 3.8) is 0 Å². The Morgan fingerprint density at radius 2 is 2.05 bits per heavy atom. The second kappa shape index (κ2) is 5.43. The van der Waals surface area contributed by atoms with Gasteiger partial charge in [0.05, 0.1) is 32.3 Å². The van der Waals surface area contributed by atoms with Crippen LogP contribution in [0.2, 0.25) is 0 Å². The molecule has 1 atom stereocenters. The summed E-state index contributed by atoms with van der Waals surface area (Å²) >= 11 is 1.64. The van der Waals surface area contributed by atoms with Crippen molar-refractivity contribution in [2.45, 2.75) is 18.9 Å². The van der Waals surface area contributed by atoms with Gasteiger partial charge >= 0.3 is 0 Å². The fraction of sp³-hybridized carbons (Fsp3) is 0.438. The molecular formula is C16H18O5S. The van der Waals surface area contributed by atoms with Gasteiger partial charge in [-0.3, -0.25) is 4.79 Å². The van der Waals surface area contributed by atoms with E-state index >= 15 is 0 Å². The fourth-order valence-corrected chi connectivity index (χ4v) is 3.73. The predicted octanol–water partition coefficient (Wildman–Crippen LogP) is 3.54. The lowest BCUT2D eigenvalue weighted by Gasteiger charge is -2.35. The number of ether oxygens (including phenoxy) is 3. The Kier molecular flexibility index (Phi) is 3.72. The first-order chi connectivity index (χ1) is 10.5. The SMILES string of the molecule is COc1c2c(c(OC)c3occc13)OC(C)(CSC)CC2=O. The third-order valence-electron chi connectivity index (χ3n) is 3.80. The average Bonchev–Trinajstić information content (AvgIpc) is 2.93. The number of rotatable bonds is 4. The minimum absolute atomic E-state index is 0.00366. The lowest BCUT2D eigenvalue weighted by atomic mass is 9.91. The van der Waals surface area contributed by atoms with Crippen molar-refractivity contribution < 1.29 is 23.4 Å². The first kappa shape index (κ1) is 15.1. The first-order valence-electron chi connectivity index (χ1n) is 6.91. The summed E-state index contributed by atoms with van der Waals surface area (Å²) in [5.74, 6) is 2.04. The molecule has 6 heteroatoms. The second-order valence-corrected chi connectivity index (χ2v) is 6.38. The topological polar surface area (TPSA) is 57.9 Å². The molecule has 0 amide bonds. The molecule has 3 rings (SSSR count). The molecule has 0 spiro atoms. The quantitative estimate of drug-likeness (QED) is 0.858. The van der Waals surface area contributed by atoms with E-state index in [2.05, 4.69) is 0 Å². The van der Waals surface area contributed by atoms with Gasteiger partial charge in [-0.25, -0.2) is 0 Å². The lowest BCUT2D eigenvalue weighted by molar-refractivity contribution is 0.0618. The molecule has 1 unspecified atom stereocenters. The zero-order valence-electron chi connectivity index (χ0n) is 13.0. The largest absolute Gasteiger partial charge is 0.495 e. The third kappa shape index (κ3) is 2.13. The zero-order chi connectivity index (χ0) is 15.9. The maximum absolute atomic E-state index is 12.7. The van der Waals surface area contributed by atoms with Crippen LogP contribution < -0.4 is 14.2 Å². The van der Waals surface area contributed by atoms with E-state index in [9.17, 15) is 4.79 Å². The molecule has 2 aromatic rings. The number of methoxy groups -OCH3 is 2. The van der Waals surface area contributed by atoms with E-state index in [1.807, 2.05) is 13.2 Å². The molecule has 0 fully saturated rings. The summed E-state index contributed by atoms with van der Waals surface area (Å²) in [7, 11) is 3.08. The summed E-state index contributed by atoms with van der Waals surface area (Å²) in [5.41, 5.74) is 0.397. The number of carbonyl (C=O) groups is 1. The molecule has 0 saturated carbocycles. The Balaban J connectivity index is 2.30. The van der Waals surface area contributed by atoms with Crippen LogP contribution in [0.25, 0.3) is 11.0 Å².